The minimum Gasteiger partial charge on any atom is -0.481 e. The van der Waals surface area contributed by atoms with Crippen LogP contribution >= 0.6 is 0 Å². The van der Waals surface area contributed by atoms with E-state index in [9.17, 15) is 14.7 Å². The number of aryl methyl sites for hydroxylation is 1. The molecule has 1 amide bonds. The van der Waals surface area contributed by atoms with Crippen molar-refractivity contribution in [2.24, 2.45) is 5.92 Å². The molecule has 0 saturated heterocycles. The number of carboxylic acid groups (broad SMARTS) is 1. The first-order chi connectivity index (χ1) is 16.5. The van der Waals surface area contributed by atoms with Crippen molar-refractivity contribution in [1.29, 1.82) is 0 Å². The van der Waals surface area contributed by atoms with Gasteiger partial charge in [0.1, 0.15) is 5.82 Å². The van der Waals surface area contributed by atoms with Crippen molar-refractivity contribution >= 4 is 28.8 Å². The fourth-order valence-electron chi connectivity index (χ4n) is 5.85. The number of methoxy groups -OCH3 is 1. The van der Waals surface area contributed by atoms with Gasteiger partial charge in [-0.3, -0.25) is 9.69 Å². The van der Waals surface area contributed by atoms with E-state index in [4.69, 9.17) is 9.72 Å². The number of amides is 1. The molecule has 1 fully saturated rings. The number of carboxylic acids is 1. The van der Waals surface area contributed by atoms with E-state index in [1.807, 2.05) is 31.2 Å². The van der Waals surface area contributed by atoms with E-state index < -0.39 is 5.97 Å². The summed E-state index contributed by atoms with van der Waals surface area (Å²) in [7, 11) is 1.42. The van der Waals surface area contributed by atoms with Crippen LogP contribution in [0.3, 0.4) is 0 Å². The van der Waals surface area contributed by atoms with Crippen LogP contribution in [-0.2, 0) is 22.4 Å². The standard InChI is InChI=1S/C27H31N3O4/c1-17-8-11-21-22(29(17)27(33)34-2)12-13-23-26(21)28-24(15-18-6-4-3-5-7-18)30(23)20-10-9-19(14-20)16-25(31)32/h3-7,12-13,17,19-20H,8-11,14-16H2,1-2H3,(H,31,32)/t17-,19+,20+/m0/s1. The van der Waals surface area contributed by atoms with Crippen LogP contribution in [-0.4, -0.2) is 39.9 Å². The molecule has 34 heavy (non-hydrogen) atoms. The van der Waals surface area contributed by atoms with Crippen LogP contribution in [0, 0.1) is 5.92 Å². The highest BCUT2D eigenvalue weighted by atomic mass is 16.5. The van der Waals surface area contributed by atoms with E-state index in [-0.39, 0.29) is 30.5 Å². The Morgan fingerprint density at radius 3 is 2.65 bits per heavy atom. The highest BCUT2D eigenvalue weighted by Crippen LogP contribution is 2.42. The number of rotatable bonds is 5. The Morgan fingerprint density at radius 1 is 1.12 bits per heavy atom. The Morgan fingerprint density at radius 2 is 1.91 bits per heavy atom. The van der Waals surface area contributed by atoms with Crippen molar-refractivity contribution in [2.45, 2.75) is 64.0 Å². The number of hydrogen-bond donors (Lipinski definition) is 1. The number of aromatic nitrogens is 2. The number of carbonyl (C=O) groups excluding carboxylic acids is 1. The SMILES string of the molecule is COC(=O)N1c2ccc3c(nc(Cc4ccccc4)n3[C@@H]3CC[C@@H](CC(=O)O)C3)c2CC[C@@H]1C. The van der Waals surface area contributed by atoms with E-state index in [0.29, 0.717) is 6.42 Å². The summed E-state index contributed by atoms with van der Waals surface area (Å²) in [6.07, 6.45) is 5.01. The average Bonchev–Trinajstić information content (AvgIpc) is 3.42. The summed E-state index contributed by atoms with van der Waals surface area (Å²) in [5.74, 6) is 0.466. The van der Waals surface area contributed by atoms with Gasteiger partial charge in [0.2, 0.25) is 0 Å². The molecule has 2 aromatic carbocycles. The smallest absolute Gasteiger partial charge is 0.414 e. The van der Waals surface area contributed by atoms with E-state index in [1.54, 1.807) is 4.90 Å². The van der Waals surface area contributed by atoms with Crippen LogP contribution in [0.1, 0.15) is 62.0 Å². The van der Waals surface area contributed by atoms with Gasteiger partial charge in [-0.05, 0) is 62.6 Å². The topological polar surface area (TPSA) is 84.7 Å². The van der Waals surface area contributed by atoms with E-state index in [1.165, 1.54) is 12.7 Å². The number of ether oxygens (including phenoxy) is 1. The lowest BCUT2D eigenvalue weighted by Crippen LogP contribution is -2.42. The lowest BCUT2D eigenvalue weighted by Gasteiger charge is -2.34. The first-order valence-electron chi connectivity index (χ1n) is 12.1. The maximum absolute atomic E-state index is 12.6. The van der Waals surface area contributed by atoms with Gasteiger partial charge >= 0.3 is 12.1 Å². The van der Waals surface area contributed by atoms with Gasteiger partial charge < -0.3 is 14.4 Å². The van der Waals surface area contributed by atoms with Gasteiger partial charge in [0.05, 0.1) is 23.8 Å². The molecule has 2 heterocycles. The van der Waals surface area contributed by atoms with Crippen LogP contribution in [0.5, 0.6) is 0 Å². The van der Waals surface area contributed by atoms with Gasteiger partial charge in [0.25, 0.3) is 0 Å². The van der Waals surface area contributed by atoms with Crippen molar-refractivity contribution < 1.29 is 19.4 Å². The second-order valence-corrected chi connectivity index (χ2v) is 9.65. The Balaban J connectivity index is 1.61. The van der Waals surface area contributed by atoms with E-state index in [0.717, 1.165) is 60.2 Å². The fourth-order valence-corrected chi connectivity index (χ4v) is 5.85. The normalized spacial score (nSPS) is 22.1. The number of aliphatic carboxylic acids is 1. The third kappa shape index (κ3) is 4.04. The molecule has 1 aromatic heterocycles. The average molecular weight is 462 g/mol. The molecule has 178 valence electrons. The molecule has 1 aliphatic heterocycles. The molecule has 2 aliphatic rings. The summed E-state index contributed by atoms with van der Waals surface area (Å²) < 4.78 is 7.43. The van der Waals surface area contributed by atoms with Gasteiger partial charge in [-0.1, -0.05) is 30.3 Å². The van der Waals surface area contributed by atoms with E-state index in [2.05, 4.69) is 22.8 Å². The molecule has 1 aliphatic carbocycles. The van der Waals surface area contributed by atoms with Gasteiger partial charge in [-0.2, -0.15) is 0 Å². The highest BCUT2D eigenvalue weighted by Gasteiger charge is 2.34. The lowest BCUT2D eigenvalue weighted by molar-refractivity contribution is -0.138. The molecular formula is C27H31N3O4. The monoisotopic (exact) mass is 461 g/mol. The number of hydrogen-bond acceptors (Lipinski definition) is 4. The summed E-state index contributed by atoms with van der Waals surface area (Å²) in [4.78, 5) is 30.8. The number of nitrogens with zero attached hydrogens (tertiary/aromatic N) is 3. The largest absolute Gasteiger partial charge is 0.481 e. The summed E-state index contributed by atoms with van der Waals surface area (Å²) in [5, 5.41) is 9.29. The minimum atomic E-state index is -0.725. The zero-order chi connectivity index (χ0) is 23.8. The van der Waals surface area contributed by atoms with Crippen LogP contribution in [0.25, 0.3) is 11.0 Å². The number of anilines is 1. The number of imidazole rings is 1. The van der Waals surface area contributed by atoms with Crippen molar-refractivity contribution in [3.63, 3.8) is 0 Å². The number of benzene rings is 2. The van der Waals surface area contributed by atoms with Crippen LogP contribution in [0.4, 0.5) is 10.5 Å². The van der Waals surface area contributed by atoms with Crippen molar-refractivity contribution in [3.8, 4) is 0 Å². The van der Waals surface area contributed by atoms with Crippen molar-refractivity contribution in [2.75, 3.05) is 12.0 Å². The molecule has 0 radical (unpaired) electrons. The third-order valence-corrected chi connectivity index (χ3v) is 7.45. The van der Waals surface area contributed by atoms with Crippen LogP contribution < -0.4 is 4.90 Å². The Bertz CT molecular complexity index is 1220. The summed E-state index contributed by atoms with van der Waals surface area (Å²) in [6, 6.07) is 14.7. The molecule has 7 heteroatoms. The molecule has 5 rings (SSSR count). The first kappa shape index (κ1) is 22.4. The highest BCUT2D eigenvalue weighted by molar-refractivity contribution is 5.95. The van der Waals surface area contributed by atoms with Gasteiger partial charge in [0, 0.05) is 30.5 Å². The maximum atomic E-state index is 12.6. The second kappa shape index (κ2) is 9.12. The molecular weight excluding hydrogens is 430 g/mol. The van der Waals surface area contributed by atoms with Gasteiger partial charge in [-0.15, -0.1) is 0 Å². The lowest BCUT2D eigenvalue weighted by atomic mass is 9.95. The molecule has 1 N–H and O–H groups in total. The number of carbonyl (C=O) groups is 2. The Kier molecular flexibility index (Phi) is 6.02. The third-order valence-electron chi connectivity index (χ3n) is 7.45. The summed E-state index contributed by atoms with van der Waals surface area (Å²) in [6.45, 7) is 2.05. The Labute approximate surface area is 199 Å². The van der Waals surface area contributed by atoms with Gasteiger partial charge in [-0.25, -0.2) is 9.78 Å². The summed E-state index contributed by atoms with van der Waals surface area (Å²) >= 11 is 0. The van der Waals surface area contributed by atoms with Crippen molar-refractivity contribution in [3.05, 3.63) is 59.4 Å². The summed E-state index contributed by atoms with van der Waals surface area (Å²) in [5.41, 5.74) is 5.19. The first-order valence-corrected chi connectivity index (χ1v) is 12.1. The predicted octanol–water partition coefficient (Wildman–Crippen LogP) is 5.35. The zero-order valence-electron chi connectivity index (χ0n) is 19.7. The molecule has 0 spiro atoms. The second-order valence-electron chi connectivity index (χ2n) is 9.65. The van der Waals surface area contributed by atoms with Crippen LogP contribution in [0.15, 0.2) is 42.5 Å². The molecule has 3 aromatic rings. The molecule has 3 atom stereocenters. The minimum absolute atomic E-state index is 0.0647. The predicted molar refractivity (Wildman–Crippen MR) is 130 cm³/mol. The molecule has 1 saturated carbocycles. The quantitative estimate of drug-likeness (QED) is 0.554. The maximum Gasteiger partial charge on any atom is 0.414 e. The fraction of sp³-hybridized carbons (Fsp3) is 0.444. The Hall–Kier alpha value is -3.35. The zero-order valence-corrected chi connectivity index (χ0v) is 19.7. The molecule has 0 bridgehead atoms. The molecule has 0 unspecified atom stereocenters. The van der Waals surface area contributed by atoms with Crippen LogP contribution in [0.2, 0.25) is 0 Å². The van der Waals surface area contributed by atoms with Crippen molar-refractivity contribution in [1.82, 2.24) is 9.55 Å². The number of fused-ring (bicyclic) bond motifs is 3. The molecule has 7 nitrogen and oxygen atoms in total. The van der Waals surface area contributed by atoms with Gasteiger partial charge in [0.15, 0.2) is 0 Å². The van der Waals surface area contributed by atoms with E-state index >= 15 is 0 Å².